The van der Waals surface area contributed by atoms with E-state index >= 15 is 4.39 Å². The molecular formula is C17H16AlFN6. The molecule has 0 saturated carbocycles. The number of alkyl halides is 1. The van der Waals surface area contributed by atoms with E-state index in [1.165, 1.54) is 6.33 Å². The van der Waals surface area contributed by atoms with Crippen molar-refractivity contribution in [3.63, 3.8) is 0 Å². The molecule has 2 radical (unpaired) electrons. The predicted octanol–water partition coefficient (Wildman–Crippen LogP) is 2.38. The zero-order valence-electron chi connectivity index (χ0n) is 13.6. The first-order valence-electron chi connectivity index (χ1n) is 8.12. The van der Waals surface area contributed by atoms with Crippen LogP contribution in [0, 0.1) is 11.3 Å². The summed E-state index contributed by atoms with van der Waals surface area (Å²) < 4.78 is 19.2. The van der Waals surface area contributed by atoms with E-state index in [0.29, 0.717) is 19.5 Å². The van der Waals surface area contributed by atoms with Crippen molar-refractivity contribution < 1.29 is 4.39 Å². The van der Waals surface area contributed by atoms with Crippen molar-refractivity contribution in [2.45, 2.75) is 24.6 Å². The fourth-order valence-corrected chi connectivity index (χ4v) is 4.02. The van der Waals surface area contributed by atoms with Crippen LogP contribution in [0.15, 0.2) is 37.1 Å². The van der Waals surface area contributed by atoms with Gasteiger partial charge in [-0.05, 0) is 25.1 Å². The number of nitrogens with one attached hydrogen (secondary N) is 1. The number of hydrogen-bond donors (Lipinski definition) is 1. The highest BCUT2D eigenvalue weighted by Gasteiger charge is 2.44. The molecule has 6 nitrogen and oxygen atoms in total. The number of H-pyrrole nitrogens is 1. The van der Waals surface area contributed by atoms with Crippen LogP contribution in [0.2, 0.25) is 0 Å². The summed E-state index contributed by atoms with van der Waals surface area (Å²) in [5.41, 5.74) is 1.04. The third-order valence-electron chi connectivity index (χ3n) is 4.86. The molecule has 4 heterocycles. The molecule has 0 bridgehead atoms. The molecular weight excluding hydrogens is 334 g/mol. The molecule has 124 valence electrons. The maximum atomic E-state index is 15.5. The maximum absolute atomic E-state index is 15.5. The van der Waals surface area contributed by atoms with Crippen molar-refractivity contribution in [3.8, 4) is 17.3 Å². The number of aromatic nitrogens is 4. The van der Waals surface area contributed by atoms with Crippen LogP contribution < -0.4 is 0 Å². The Balaban J connectivity index is 1.72. The van der Waals surface area contributed by atoms with E-state index in [0.717, 1.165) is 22.3 Å². The van der Waals surface area contributed by atoms with Gasteiger partial charge in [-0.15, -0.1) is 0 Å². The Morgan fingerprint density at radius 2 is 2.32 bits per heavy atom. The fourth-order valence-electron chi connectivity index (χ4n) is 3.59. The molecule has 8 heteroatoms. The molecule has 1 fully saturated rings. The van der Waals surface area contributed by atoms with Crippen molar-refractivity contribution in [3.05, 3.63) is 37.1 Å². The van der Waals surface area contributed by atoms with Crippen LogP contribution in [0.25, 0.3) is 22.3 Å². The fraction of sp³-hybridized carbons (Fsp3) is 0.353. The Hall–Kier alpha value is -2.19. The molecule has 3 aromatic rings. The summed E-state index contributed by atoms with van der Waals surface area (Å²) >= 11 is 2.55. The van der Waals surface area contributed by atoms with Gasteiger partial charge < -0.3 is 13.4 Å². The standard InChI is InChI=1S/C17H16FN6.Al/c18-17(4-7-20-10-17)14(1-5-19)24-8-3-12(9-24)15-13-2-6-21-16(13)23-11-22-15;/h2-3,6,8-9,11,14H,1,4,7,10H2,(H,21,22,23);/q-1;+1. The second-order valence-electron chi connectivity index (χ2n) is 6.44. The average Bonchev–Trinajstić information content (AvgIpc) is 3.32. The molecule has 1 aliphatic rings. The number of rotatable bonds is 4. The third-order valence-corrected chi connectivity index (χ3v) is 5.30. The molecule has 3 aromatic heterocycles. The van der Waals surface area contributed by atoms with Crippen LogP contribution in [0.5, 0.6) is 0 Å². The van der Waals surface area contributed by atoms with E-state index in [2.05, 4.69) is 37.5 Å². The normalized spacial score (nSPS) is 22.2. The van der Waals surface area contributed by atoms with Gasteiger partial charge in [-0.25, -0.2) is 14.4 Å². The molecule has 2 atom stereocenters. The number of hydrogen-bond acceptors (Lipinski definition) is 4. The molecule has 0 amide bonds. The largest absolute Gasteiger partial charge is 0.400 e. The van der Waals surface area contributed by atoms with Crippen molar-refractivity contribution in [1.82, 2.24) is 23.4 Å². The highest BCUT2D eigenvalue weighted by molar-refractivity contribution is 6.04. The van der Waals surface area contributed by atoms with Gasteiger partial charge in [0.25, 0.3) is 16.5 Å². The number of nitriles is 1. The van der Waals surface area contributed by atoms with Crippen LogP contribution >= 0.6 is 0 Å². The minimum atomic E-state index is -1.41. The second-order valence-corrected chi connectivity index (χ2v) is 7.17. The highest BCUT2D eigenvalue weighted by Crippen LogP contribution is 2.38. The van der Waals surface area contributed by atoms with E-state index in [9.17, 15) is 5.26 Å². The van der Waals surface area contributed by atoms with Crippen molar-refractivity contribution in [2.75, 3.05) is 13.1 Å². The zero-order valence-corrected chi connectivity index (χ0v) is 14.7. The zero-order chi connectivity index (χ0) is 17.4. The lowest BCUT2D eigenvalue weighted by Gasteiger charge is -2.30. The minimum absolute atomic E-state index is 0.131. The minimum Gasteiger partial charge on any atom is -0.400 e. The molecule has 1 N–H and O–H groups in total. The van der Waals surface area contributed by atoms with Gasteiger partial charge in [0.2, 0.25) is 0 Å². The molecule has 0 aliphatic carbocycles. The number of fused-ring (bicyclic) bond motifs is 1. The topological polar surface area (TPSA) is 73.5 Å². The van der Waals surface area contributed by atoms with Crippen LogP contribution in [0.1, 0.15) is 18.9 Å². The molecule has 0 aromatic carbocycles. The summed E-state index contributed by atoms with van der Waals surface area (Å²) in [6, 6.07) is 5.47. The van der Waals surface area contributed by atoms with Gasteiger partial charge in [-0.3, -0.25) is 0 Å². The number of halogens is 1. The molecule has 1 saturated heterocycles. The van der Waals surface area contributed by atoms with E-state index in [-0.39, 0.29) is 6.42 Å². The number of aromatic amines is 1. The Labute approximate surface area is 152 Å². The summed E-state index contributed by atoms with van der Waals surface area (Å²) in [6.45, 7) is 0.986. The van der Waals surface area contributed by atoms with Crippen LogP contribution in [0.4, 0.5) is 4.39 Å². The lowest BCUT2D eigenvalue weighted by atomic mass is 9.93. The van der Waals surface area contributed by atoms with Gasteiger partial charge in [-0.2, -0.15) is 5.26 Å². The third kappa shape index (κ3) is 2.85. The lowest BCUT2D eigenvalue weighted by Crippen LogP contribution is -2.37. The first kappa shape index (κ1) is 16.3. The first-order valence-corrected chi connectivity index (χ1v) is 8.64. The smallest absolute Gasteiger partial charge is 0.256 e. The monoisotopic (exact) mass is 350 g/mol. The van der Waals surface area contributed by atoms with Gasteiger partial charge in [0, 0.05) is 36.1 Å². The van der Waals surface area contributed by atoms with E-state index in [4.69, 9.17) is 0 Å². The van der Waals surface area contributed by atoms with Gasteiger partial charge in [0.15, 0.2) is 0 Å². The molecule has 2 unspecified atom stereocenters. The van der Waals surface area contributed by atoms with Gasteiger partial charge in [0.1, 0.15) is 17.6 Å². The Morgan fingerprint density at radius 1 is 1.44 bits per heavy atom. The molecule has 25 heavy (non-hydrogen) atoms. The summed E-state index contributed by atoms with van der Waals surface area (Å²) in [4.78, 5) is 11.6. The maximum Gasteiger partial charge on any atom is 0.256 e. The molecule has 4 rings (SSSR count). The van der Waals surface area contributed by atoms with Gasteiger partial charge in [-0.1, -0.05) is 0 Å². The van der Waals surface area contributed by atoms with Crippen molar-refractivity contribution in [1.29, 1.82) is 5.26 Å². The van der Waals surface area contributed by atoms with Crippen LogP contribution in [-0.2, 0) is 0 Å². The van der Waals surface area contributed by atoms with Gasteiger partial charge >= 0.3 is 0 Å². The van der Waals surface area contributed by atoms with E-state index < -0.39 is 11.7 Å². The quantitative estimate of drug-likeness (QED) is 0.733. The first-order chi connectivity index (χ1) is 12.1. The van der Waals surface area contributed by atoms with Crippen molar-refractivity contribution in [2.24, 2.45) is 0 Å². The lowest BCUT2D eigenvalue weighted by molar-refractivity contribution is 0.105. The van der Waals surface area contributed by atoms with Crippen molar-refractivity contribution >= 4 is 27.5 Å². The van der Waals surface area contributed by atoms with E-state index in [1.807, 2.05) is 39.2 Å². The summed E-state index contributed by atoms with van der Waals surface area (Å²) in [5.74, 6) is 0. The predicted molar refractivity (Wildman–Crippen MR) is 92.4 cm³/mol. The summed E-state index contributed by atoms with van der Waals surface area (Å²) in [5, 5.41) is 10.1. The average molecular weight is 350 g/mol. The Kier molecular flexibility index (Phi) is 4.09. The highest BCUT2D eigenvalue weighted by atomic mass is 27.1. The van der Waals surface area contributed by atoms with Crippen LogP contribution in [-0.4, -0.2) is 58.7 Å². The SMILES string of the molecule is N#CCC(n1ccc(-c2ncnc3[nH]ccc23)c1)C1(F)CC[N]([Al])C1. The van der Waals surface area contributed by atoms with Crippen LogP contribution in [0.3, 0.4) is 0 Å². The molecule has 0 spiro atoms. The summed E-state index contributed by atoms with van der Waals surface area (Å²) in [7, 11) is 0. The summed E-state index contributed by atoms with van der Waals surface area (Å²) in [6.07, 6.45) is 7.60. The van der Waals surface area contributed by atoms with Gasteiger partial charge in [0.05, 0.1) is 24.2 Å². The molecule has 1 aliphatic heterocycles. The Bertz CT molecular complexity index is 944. The Morgan fingerprint density at radius 3 is 3.08 bits per heavy atom. The van der Waals surface area contributed by atoms with E-state index in [1.54, 1.807) is 0 Å². The number of nitrogens with zero attached hydrogens (tertiary/aromatic N) is 5. The second kappa shape index (κ2) is 6.27.